The predicted octanol–water partition coefficient (Wildman–Crippen LogP) is 3.40. The van der Waals surface area contributed by atoms with Gasteiger partial charge in [0.2, 0.25) is 5.91 Å². The molecule has 0 bridgehead atoms. The number of nitrogens with zero attached hydrogens (tertiary/aromatic N) is 3. The number of carbonyl (C=O) groups is 2. The summed E-state index contributed by atoms with van der Waals surface area (Å²) in [6.45, 7) is 3.98. The third-order valence-corrected chi connectivity index (χ3v) is 5.73. The molecule has 0 spiro atoms. The number of nitriles is 1. The molecule has 0 atom stereocenters. The highest BCUT2D eigenvalue weighted by Crippen LogP contribution is 2.33. The maximum absolute atomic E-state index is 13.1. The number of amides is 2. The van der Waals surface area contributed by atoms with Crippen LogP contribution in [0.15, 0.2) is 58.3 Å². The Labute approximate surface area is 163 Å². The molecule has 0 unspecified atom stereocenters. The summed E-state index contributed by atoms with van der Waals surface area (Å²) in [5.74, 6) is 0.0197. The summed E-state index contributed by atoms with van der Waals surface area (Å²) in [6, 6.07) is 17.1. The molecule has 27 heavy (non-hydrogen) atoms. The minimum atomic E-state index is -0.0297. The third-order valence-electron chi connectivity index (χ3n) is 4.57. The van der Waals surface area contributed by atoms with Crippen molar-refractivity contribution in [2.75, 3.05) is 26.2 Å². The molecule has 1 saturated heterocycles. The zero-order valence-corrected chi connectivity index (χ0v) is 16.0. The van der Waals surface area contributed by atoms with Crippen LogP contribution in [0.5, 0.6) is 0 Å². The minimum absolute atomic E-state index is 0.0297. The topological polar surface area (TPSA) is 64.4 Å². The third kappa shape index (κ3) is 4.50. The van der Waals surface area contributed by atoms with Crippen LogP contribution < -0.4 is 0 Å². The monoisotopic (exact) mass is 379 g/mol. The standard InChI is InChI=1S/C21H21N3O2S/c1-16(25)23-11-6-12-24(14-13-23)21(26)18-8-3-5-10-20(18)27-19-9-4-2-7-17(19)15-22/h2-5,7-10H,6,11-14H2,1H3. The summed E-state index contributed by atoms with van der Waals surface area (Å²) < 4.78 is 0. The second-order valence-electron chi connectivity index (χ2n) is 6.36. The van der Waals surface area contributed by atoms with Gasteiger partial charge in [-0.3, -0.25) is 9.59 Å². The van der Waals surface area contributed by atoms with E-state index in [1.165, 1.54) is 11.8 Å². The summed E-state index contributed by atoms with van der Waals surface area (Å²) in [5.41, 5.74) is 1.23. The van der Waals surface area contributed by atoms with Crippen LogP contribution >= 0.6 is 11.8 Å². The van der Waals surface area contributed by atoms with Gasteiger partial charge >= 0.3 is 0 Å². The molecule has 1 heterocycles. The maximum Gasteiger partial charge on any atom is 0.255 e. The Morgan fingerprint density at radius 1 is 0.926 bits per heavy atom. The first kappa shape index (κ1) is 19.0. The van der Waals surface area contributed by atoms with Crippen LogP contribution in [-0.4, -0.2) is 47.8 Å². The van der Waals surface area contributed by atoms with E-state index in [9.17, 15) is 14.9 Å². The van der Waals surface area contributed by atoms with Crippen LogP contribution in [0.2, 0.25) is 0 Å². The molecular formula is C21H21N3O2S. The molecule has 1 aliphatic rings. The summed E-state index contributed by atoms with van der Waals surface area (Å²) in [4.78, 5) is 30.0. The second kappa shape index (κ2) is 8.74. The average Bonchev–Trinajstić information content (AvgIpc) is 2.95. The van der Waals surface area contributed by atoms with Crippen LogP contribution in [0.4, 0.5) is 0 Å². The number of carbonyl (C=O) groups excluding carboxylic acids is 2. The van der Waals surface area contributed by atoms with Gasteiger partial charge in [-0.25, -0.2) is 0 Å². The van der Waals surface area contributed by atoms with Crippen LogP contribution in [0.25, 0.3) is 0 Å². The molecule has 6 heteroatoms. The van der Waals surface area contributed by atoms with E-state index in [1.807, 2.05) is 47.4 Å². The molecule has 2 aromatic carbocycles. The fourth-order valence-corrected chi connectivity index (χ4v) is 4.12. The van der Waals surface area contributed by atoms with Crippen molar-refractivity contribution in [2.45, 2.75) is 23.1 Å². The van der Waals surface area contributed by atoms with Gasteiger partial charge in [-0.1, -0.05) is 36.0 Å². The van der Waals surface area contributed by atoms with Gasteiger partial charge < -0.3 is 9.80 Å². The van der Waals surface area contributed by atoms with E-state index >= 15 is 0 Å². The van der Waals surface area contributed by atoms with Crippen LogP contribution in [0, 0.1) is 11.3 Å². The Balaban J connectivity index is 1.82. The van der Waals surface area contributed by atoms with Crippen molar-refractivity contribution in [3.8, 4) is 6.07 Å². The van der Waals surface area contributed by atoms with Gasteiger partial charge in [-0.2, -0.15) is 5.26 Å². The molecule has 0 aromatic heterocycles. The van der Waals surface area contributed by atoms with Crippen molar-refractivity contribution in [1.29, 1.82) is 5.26 Å². The highest BCUT2D eigenvalue weighted by molar-refractivity contribution is 7.99. The molecule has 0 saturated carbocycles. The molecule has 2 amide bonds. The van der Waals surface area contributed by atoms with Crippen molar-refractivity contribution in [1.82, 2.24) is 9.80 Å². The summed E-state index contributed by atoms with van der Waals surface area (Å²) in [5, 5.41) is 9.31. The van der Waals surface area contributed by atoms with E-state index in [-0.39, 0.29) is 11.8 Å². The van der Waals surface area contributed by atoms with Crippen molar-refractivity contribution in [3.63, 3.8) is 0 Å². The van der Waals surface area contributed by atoms with Crippen LogP contribution in [0.3, 0.4) is 0 Å². The molecule has 1 fully saturated rings. The predicted molar refractivity (Wildman–Crippen MR) is 104 cm³/mol. The van der Waals surface area contributed by atoms with Crippen LogP contribution in [-0.2, 0) is 4.79 Å². The van der Waals surface area contributed by atoms with E-state index in [0.717, 1.165) is 16.2 Å². The van der Waals surface area contributed by atoms with Gasteiger partial charge in [-0.05, 0) is 30.7 Å². The first-order valence-corrected chi connectivity index (χ1v) is 9.72. The van der Waals surface area contributed by atoms with Gasteiger partial charge in [0.05, 0.1) is 11.1 Å². The smallest absolute Gasteiger partial charge is 0.255 e. The summed E-state index contributed by atoms with van der Waals surface area (Å²) in [7, 11) is 0. The summed E-state index contributed by atoms with van der Waals surface area (Å²) >= 11 is 1.43. The fourth-order valence-electron chi connectivity index (χ4n) is 3.10. The van der Waals surface area contributed by atoms with Crippen molar-refractivity contribution in [3.05, 3.63) is 59.7 Å². The first-order chi connectivity index (χ1) is 13.1. The maximum atomic E-state index is 13.1. The summed E-state index contributed by atoms with van der Waals surface area (Å²) in [6.07, 6.45) is 0.776. The Morgan fingerprint density at radius 2 is 1.56 bits per heavy atom. The van der Waals surface area contributed by atoms with Crippen molar-refractivity contribution >= 4 is 23.6 Å². The van der Waals surface area contributed by atoms with Gasteiger partial charge in [0.1, 0.15) is 6.07 Å². The van der Waals surface area contributed by atoms with Gasteiger partial charge in [0.25, 0.3) is 5.91 Å². The Bertz CT molecular complexity index is 891. The minimum Gasteiger partial charge on any atom is -0.341 e. The number of hydrogen-bond donors (Lipinski definition) is 0. The highest BCUT2D eigenvalue weighted by atomic mass is 32.2. The molecule has 0 radical (unpaired) electrons. The first-order valence-electron chi connectivity index (χ1n) is 8.91. The quantitative estimate of drug-likeness (QED) is 0.820. The van der Waals surface area contributed by atoms with E-state index in [2.05, 4.69) is 6.07 Å². The Morgan fingerprint density at radius 3 is 2.30 bits per heavy atom. The second-order valence-corrected chi connectivity index (χ2v) is 7.44. The van der Waals surface area contributed by atoms with E-state index < -0.39 is 0 Å². The lowest BCUT2D eigenvalue weighted by molar-refractivity contribution is -0.128. The number of hydrogen-bond acceptors (Lipinski definition) is 4. The number of rotatable bonds is 3. The van der Waals surface area contributed by atoms with Gasteiger partial charge in [0, 0.05) is 42.9 Å². The van der Waals surface area contributed by atoms with Crippen molar-refractivity contribution < 1.29 is 9.59 Å². The van der Waals surface area contributed by atoms with Gasteiger partial charge in [0.15, 0.2) is 0 Å². The van der Waals surface area contributed by atoms with Gasteiger partial charge in [-0.15, -0.1) is 0 Å². The lowest BCUT2D eigenvalue weighted by Crippen LogP contribution is -2.36. The largest absolute Gasteiger partial charge is 0.341 e. The molecule has 0 N–H and O–H groups in total. The van der Waals surface area contributed by atoms with Crippen molar-refractivity contribution in [2.24, 2.45) is 0 Å². The highest BCUT2D eigenvalue weighted by Gasteiger charge is 2.23. The van der Waals surface area contributed by atoms with E-state index in [0.29, 0.717) is 37.3 Å². The Hall–Kier alpha value is -2.78. The Kier molecular flexibility index (Phi) is 6.15. The molecule has 2 aromatic rings. The molecular weight excluding hydrogens is 358 g/mol. The normalized spacial score (nSPS) is 14.4. The molecule has 5 nitrogen and oxygen atoms in total. The molecule has 3 rings (SSSR count). The average molecular weight is 379 g/mol. The SMILES string of the molecule is CC(=O)N1CCCN(C(=O)c2ccccc2Sc2ccccc2C#N)CC1. The van der Waals surface area contributed by atoms with E-state index in [4.69, 9.17) is 0 Å². The lowest BCUT2D eigenvalue weighted by atomic mass is 10.2. The van der Waals surface area contributed by atoms with Crippen LogP contribution in [0.1, 0.15) is 29.3 Å². The van der Waals surface area contributed by atoms with E-state index in [1.54, 1.807) is 17.9 Å². The number of benzene rings is 2. The lowest BCUT2D eigenvalue weighted by Gasteiger charge is -2.22. The zero-order valence-electron chi connectivity index (χ0n) is 15.2. The zero-order chi connectivity index (χ0) is 19.2. The molecule has 0 aliphatic carbocycles. The molecule has 1 aliphatic heterocycles. The fraction of sp³-hybridized carbons (Fsp3) is 0.286. The molecule has 138 valence electrons.